The molecule has 1 heterocycles. The van der Waals surface area contributed by atoms with E-state index < -0.39 is 53.9 Å². The van der Waals surface area contributed by atoms with E-state index in [-0.39, 0.29) is 17.7 Å². The van der Waals surface area contributed by atoms with Crippen LogP contribution in [0.1, 0.15) is 34.6 Å². The van der Waals surface area contributed by atoms with Crippen molar-refractivity contribution in [2.24, 2.45) is 0 Å². The first-order valence-electron chi connectivity index (χ1n) is 10.4. The number of esters is 4. The third kappa shape index (κ3) is 6.55. The molecule has 1 aliphatic rings. The zero-order valence-electron chi connectivity index (χ0n) is 18.4. The number of carbonyl (C=O) groups excluding carboxylic acids is 4. The van der Waals surface area contributed by atoms with Gasteiger partial charge in [0.15, 0.2) is 6.10 Å². The molecule has 1 saturated heterocycles. The SMILES string of the molecule is CC(=O)OC[C@H]1OC(OC(C)=O)[C@H](OC(=O)c2ccccc2)[C@@H](OC(=O)c2ccccc2)[C@H]1Cl. The van der Waals surface area contributed by atoms with Crippen LogP contribution in [0.5, 0.6) is 0 Å². The van der Waals surface area contributed by atoms with Crippen LogP contribution in [0, 0.1) is 0 Å². The number of hydrogen-bond acceptors (Lipinski definition) is 9. The molecule has 0 saturated carbocycles. The van der Waals surface area contributed by atoms with Crippen molar-refractivity contribution >= 4 is 35.5 Å². The fourth-order valence-electron chi connectivity index (χ4n) is 3.25. The Kier molecular flexibility index (Phi) is 8.61. The molecule has 2 aromatic carbocycles. The molecule has 0 radical (unpaired) electrons. The fourth-order valence-corrected chi connectivity index (χ4v) is 3.57. The summed E-state index contributed by atoms with van der Waals surface area (Å²) in [4.78, 5) is 48.6. The molecule has 0 aromatic heterocycles. The van der Waals surface area contributed by atoms with Gasteiger partial charge in [-0.2, -0.15) is 0 Å². The second-order valence-corrected chi connectivity index (χ2v) is 7.88. The van der Waals surface area contributed by atoms with Crippen molar-refractivity contribution in [3.05, 3.63) is 71.8 Å². The van der Waals surface area contributed by atoms with E-state index in [4.69, 9.17) is 35.3 Å². The summed E-state index contributed by atoms with van der Waals surface area (Å²) in [6, 6.07) is 16.2. The predicted molar refractivity (Wildman–Crippen MR) is 118 cm³/mol. The largest absolute Gasteiger partial charge is 0.463 e. The summed E-state index contributed by atoms with van der Waals surface area (Å²) >= 11 is 6.56. The first-order valence-corrected chi connectivity index (χ1v) is 10.8. The normalized spacial score (nSPS) is 23.9. The summed E-state index contributed by atoms with van der Waals surface area (Å²) in [5, 5.41) is -1.12. The molecule has 180 valence electrons. The molecule has 0 amide bonds. The van der Waals surface area contributed by atoms with Crippen molar-refractivity contribution in [3.8, 4) is 0 Å². The molecule has 2 aromatic rings. The van der Waals surface area contributed by atoms with Crippen molar-refractivity contribution in [2.45, 2.75) is 43.8 Å². The van der Waals surface area contributed by atoms with E-state index in [1.165, 1.54) is 31.2 Å². The maximum Gasteiger partial charge on any atom is 0.338 e. The zero-order valence-corrected chi connectivity index (χ0v) is 19.2. The first-order chi connectivity index (χ1) is 16.3. The summed E-state index contributed by atoms with van der Waals surface area (Å²) in [5.74, 6) is -2.84. The number of rotatable bonds is 7. The van der Waals surface area contributed by atoms with Gasteiger partial charge in [-0.25, -0.2) is 9.59 Å². The number of halogens is 1. The molecule has 10 heteroatoms. The molecule has 3 rings (SSSR count). The highest BCUT2D eigenvalue weighted by atomic mass is 35.5. The maximum atomic E-state index is 12.8. The van der Waals surface area contributed by atoms with Gasteiger partial charge in [0.25, 0.3) is 0 Å². The number of benzene rings is 2. The lowest BCUT2D eigenvalue weighted by Crippen LogP contribution is -2.60. The van der Waals surface area contributed by atoms with Gasteiger partial charge in [-0.15, -0.1) is 11.6 Å². The average molecular weight is 491 g/mol. The fraction of sp³-hybridized carbons (Fsp3) is 0.333. The van der Waals surface area contributed by atoms with Crippen LogP contribution in [0.3, 0.4) is 0 Å². The van der Waals surface area contributed by atoms with Crippen LogP contribution < -0.4 is 0 Å². The van der Waals surface area contributed by atoms with E-state index in [9.17, 15) is 19.2 Å². The van der Waals surface area contributed by atoms with Gasteiger partial charge < -0.3 is 23.7 Å². The Hall–Kier alpha value is -3.43. The highest BCUT2D eigenvalue weighted by Gasteiger charge is 2.51. The third-order valence-electron chi connectivity index (χ3n) is 4.81. The highest BCUT2D eigenvalue weighted by molar-refractivity contribution is 6.21. The van der Waals surface area contributed by atoms with Crippen LogP contribution in [0.4, 0.5) is 0 Å². The van der Waals surface area contributed by atoms with E-state index in [1.807, 2.05) is 0 Å². The molecule has 0 bridgehead atoms. The molecule has 9 nitrogen and oxygen atoms in total. The molecule has 1 unspecified atom stereocenters. The van der Waals surface area contributed by atoms with E-state index in [2.05, 4.69) is 0 Å². The van der Waals surface area contributed by atoms with E-state index >= 15 is 0 Å². The van der Waals surface area contributed by atoms with Crippen LogP contribution in [0.25, 0.3) is 0 Å². The number of hydrogen-bond donors (Lipinski definition) is 0. The van der Waals surface area contributed by atoms with E-state index in [0.29, 0.717) is 0 Å². The Morgan fingerprint density at radius 3 is 1.74 bits per heavy atom. The number of alkyl halides is 1. The summed E-state index contributed by atoms with van der Waals surface area (Å²) in [7, 11) is 0. The Labute approximate surface area is 200 Å². The van der Waals surface area contributed by atoms with Crippen LogP contribution in [0.15, 0.2) is 60.7 Å². The lowest BCUT2D eigenvalue weighted by Gasteiger charge is -2.42. The molecule has 0 N–H and O–H groups in total. The van der Waals surface area contributed by atoms with Gasteiger partial charge in [0.1, 0.15) is 18.1 Å². The molecule has 1 fully saturated rings. The minimum atomic E-state index is -1.48. The van der Waals surface area contributed by atoms with Crippen LogP contribution >= 0.6 is 11.6 Å². The molecular weight excluding hydrogens is 468 g/mol. The van der Waals surface area contributed by atoms with Crippen LogP contribution in [-0.4, -0.2) is 60.5 Å². The van der Waals surface area contributed by atoms with E-state index in [0.717, 1.165) is 6.92 Å². The molecule has 1 aliphatic heterocycles. The highest BCUT2D eigenvalue weighted by Crippen LogP contribution is 2.32. The van der Waals surface area contributed by atoms with Gasteiger partial charge in [0.2, 0.25) is 12.4 Å². The van der Waals surface area contributed by atoms with Gasteiger partial charge in [-0.05, 0) is 24.3 Å². The van der Waals surface area contributed by atoms with E-state index in [1.54, 1.807) is 36.4 Å². The quantitative estimate of drug-likeness (QED) is 0.328. The molecular formula is C24H23ClO9. The average Bonchev–Trinajstić information content (AvgIpc) is 2.82. The summed E-state index contributed by atoms with van der Waals surface area (Å²) in [5.41, 5.74) is 0.442. The van der Waals surface area contributed by atoms with Crippen molar-refractivity contribution in [2.75, 3.05) is 6.61 Å². The lowest BCUT2D eigenvalue weighted by molar-refractivity contribution is -0.260. The molecule has 34 heavy (non-hydrogen) atoms. The Morgan fingerprint density at radius 2 is 1.26 bits per heavy atom. The first kappa shape index (κ1) is 25.2. The van der Waals surface area contributed by atoms with Crippen LogP contribution in [0.2, 0.25) is 0 Å². The lowest BCUT2D eigenvalue weighted by atomic mass is 10.0. The van der Waals surface area contributed by atoms with Crippen molar-refractivity contribution in [3.63, 3.8) is 0 Å². The maximum absolute atomic E-state index is 12.8. The van der Waals surface area contributed by atoms with Gasteiger partial charge in [-0.3, -0.25) is 9.59 Å². The Bertz CT molecular complexity index is 1010. The summed E-state index contributed by atoms with van der Waals surface area (Å²) < 4.78 is 27.1. The van der Waals surface area contributed by atoms with Gasteiger partial charge in [0, 0.05) is 13.8 Å². The van der Waals surface area contributed by atoms with Crippen molar-refractivity contribution in [1.29, 1.82) is 0 Å². The topological polar surface area (TPSA) is 114 Å². The van der Waals surface area contributed by atoms with Gasteiger partial charge in [0.05, 0.1) is 11.1 Å². The zero-order chi connectivity index (χ0) is 24.7. The summed E-state index contributed by atoms with van der Waals surface area (Å²) in [6.07, 6.45) is -5.22. The second kappa shape index (κ2) is 11.6. The third-order valence-corrected chi connectivity index (χ3v) is 5.34. The second-order valence-electron chi connectivity index (χ2n) is 7.37. The van der Waals surface area contributed by atoms with Crippen molar-refractivity contribution in [1.82, 2.24) is 0 Å². The summed E-state index contributed by atoms with van der Waals surface area (Å²) in [6.45, 7) is 2.03. The Morgan fingerprint density at radius 1 is 0.765 bits per heavy atom. The molecule has 0 spiro atoms. The van der Waals surface area contributed by atoms with Crippen LogP contribution in [-0.2, 0) is 33.3 Å². The van der Waals surface area contributed by atoms with Gasteiger partial charge >= 0.3 is 23.9 Å². The number of carbonyl (C=O) groups is 4. The predicted octanol–water partition coefficient (Wildman–Crippen LogP) is 2.90. The smallest absolute Gasteiger partial charge is 0.338 e. The monoisotopic (exact) mass is 490 g/mol. The Balaban J connectivity index is 1.92. The van der Waals surface area contributed by atoms with Gasteiger partial charge in [-0.1, -0.05) is 36.4 Å². The number of ether oxygens (including phenoxy) is 5. The molecule has 0 aliphatic carbocycles. The molecule has 5 atom stereocenters. The minimum absolute atomic E-state index is 0.213. The van der Waals surface area contributed by atoms with Crippen molar-refractivity contribution < 1.29 is 42.9 Å². The standard InChI is InChI=1S/C24H23ClO9/c1-14(26)30-13-18-19(25)20(33-22(28)16-9-5-3-6-10-16)21(24(32-18)31-15(2)27)34-23(29)17-11-7-4-8-12-17/h3-12,18-21,24H,13H2,1-2H3/t18-,19+,20+,21-,24?/m1/s1. The minimum Gasteiger partial charge on any atom is -0.463 e.